The Labute approximate surface area is 110 Å². The summed E-state index contributed by atoms with van der Waals surface area (Å²) in [7, 11) is 1.64. The first-order valence-electron chi connectivity index (χ1n) is 6.15. The topological polar surface area (TPSA) is 86.0 Å². The van der Waals surface area contributed by atoms with Crippen molar-refractivity contribution < 1.29 is 4.74 Å². The van der Waals surface area contributed by atoms with Crippen LogP contribution >= 0.6 is 0 Å². The van der Waals surface area contributed by atoms with Crippen molar-refractivity contribution in [1.29, 1.82) is 0 Å². The number of anilines is 1. The third-order valence-corrected chi connectivity index (χ3v) is 3.19. The molecule has 6 nitrogen and oxygen atoms in total. The Morgan fingerprint density at radius 3 is 3.00 bits per heavy atom. The molecule has 1 aliphatic rings. The Bertz CT molecular complexity index is 653. The van der Waals surface area contributed by atoms with Crippen molar-refractivity contribution in [3.8, 4) is 5.75 Å². The highest BCUT2D eigenvalue weighted by Crippen LogP contribution is 2.30. The Kier molecular flexibility index (Phi) is 3.00. The number of aromatic nitrogens is 3. The third kappa shape index (κ3) is 2.10. The molecule has 2 aromatic heterocycles. The highest BCUT2D eigenvalue weighted by atomic mass is 16.5. The molecule has 0 spiro atoms. The highest BCUT2D eigenvalue weighted by Gasteiger charge is 2.15. The van der Waals surface area contributed by atoms with Crippen LogP contribution in [0.2, 0.25) is 0 Å². The van der Waals surface area contributed by atoms with Gasteiger partial charge in [-0.15, -0.1) is 0 Å². The summed E-state index contributed by atoms with van der Waals surface area (Å²) in [6, 6.07) is 1.86. The molecule has 0 saturated carbocycles. The molecule has 3 heterocycles. The normalized spacial score (nSPS) is 15.3. The van der Waals surface area contributed by atoms with Gasteiger partial charge in [-0.2, -0.15) is 0 Å². The number of nitrogens with zero attached hydrogens (tertiary/aromatic N) is 3. The van der Waals surface area contributed by atoms with Crippen molar-refractivity contribution in [1.82, 2.24) is 20.3 Å². The van der Waals surface area contributed by atoms with Gasteiger partial charge in [-0.25, -0.2) is 15.0 Å². The Balaban J connectivity index is 2.22. The Hall–Kier alpha value is -2.21. The van der Waals surface area contributed by atoms with Gasteiger partial charge in [0.05, 0.1) is 12.6 Å². The number of rotatable bonds is 2. The first-order valence-corrected chi connectivity index (χ1v) is 6.15. The number of nitrogens with two attached hydrogens (primary N) is 1. The van der Waals surface area contributed by atoms with E-state index in [4.69, 9.17) is 10.5 Å². The van der Waals surface area contributed by atoms with Crippen LogP contribution in [0.15, 0.2) is 18.5 Å². The minimum atomic E-state index is 0.392. The van der Waals surface area contributed by atoms with E-state index in [0.717, 1.165) is 31.0 Å². The van der Waals surface area contributed by atoms with Gasteiger partial charge in [-0.3, -0.25) is 0 Å². The molecular formula is C13H15N5O. The van der Waals surface area contributed by atoms with E-state index in [0.29, 0.717) is 16.9 Å². The zero-order chi connectivity index (χ0) is 13.2. The maximum Gasteiger partial charge on any atom is 0.153 e. The van der Waals surface area contributed by atoms with Crippen LogP contribution in [0.4, 0.5) is 5.82 Å². The van der Waals surface area contributed by atoms with Gasteiger partial charge in [0.2, 0.25) is 0 Å². The number of nitrogen functional groups attached to an aromatic ring is 1. The van der Waals surface area contributed by atoms with Crippen LogP contribution in [-0.4, -0.2) is 35.2 Å². The largest absolute Gasteiger partial charge is 0.494 e. The maximum absolute atomic E-state index is 5.86. The average Bonchev–Trinajstić information content (AvgIpc) is 2.47. The van der Waals surface area contributed by atoms with Crippen LogP contribution in [0.3, 0.4) is 0 Å². The van der Waals surface area contributed by atoms with E-state index in [2.05, 4.69) is 26.3 Å². The molecule has 0 aromatic carbocycles. The fraction of sp³-hybridized carbons (Fsp3) is 0.308. The van der Waals surface area contributed by atoms with Crippen molar-refractivity contribution in [2.24, 2.45) is 0 Å². The zero-order valence-electron chi connectivity index (χ0n) is 10.7. The van der Waals surface area contributed by atoms with Crippen molar-refractivity contribution in [3.63, 3.8) is 0 Å². The number of hydrogen-bond acceptors (Lipinski definition) is 6. The zero-order valence-corrected chi connectivity index (χ0v) is 10.7. The number of nitrogens with one attached hydrogen (secondary N) is 1. The van der Waals surface area contributed by atoms with Gasteiger partial charge >= 0.3 is 0 Å². The molecule has 0 radical (unpaired) electrons. The molecule has 3 rings (SSSR count). The fourth-order valence-corrected chi connectivity index (χ4v) is 2.21. The summed E-state index contributed by atoms with van der Waals surface area (Å²) in [4.78, 5) is 12.8. The minimum Gasteiger partial charge on any atom is -0.494 e. The van der Waals surface area contributed by atoms with Crippen molar-refractivity contribution in [2.75, 3.05) is 25.9 Å². The molecule has 6 heteroatoms. The molecule has 2 aromatic rings. The van der Waals surface area contributed by atoms with Crippen molar-refractivity contribution in [2.45, 2.75) is 6.42 Å². The summed E-state index contributed by atoms with van der Waals surface area (Å²) >= 11 is 0. The summed E-state index contributed by atoms with van der Waals surface area (Å²) in [6.45, 7) is 1.79. The van der Waals surface area contributed by atoms with Gasteiger partial charge in [0.15, 0.2) is 5.82 Å². The minimum absolute atomic E-state index is 0.392. The molecule has 1 aliphatic heterocycles. The van der Waals surface area contributed by atoms with Crippen molar-refractivity contribution in [3.05, 3.63) is 24.2 Å². The Morgan fingerprint density at radius 2 is 2.26 bits per heavy atom. The molecule has 0 saturated heterocycles. The number of pyridine rings is 1. The lowest BCUT2D eigenvalue weighted by atomic mass is 10.0. The van der Waals surface area contributed by atoms with E-state index in [1.165, 1.54) is 11.9 Å². The van der Waals surface area contributed by atoms with Crippen molar-refractivity contribution >= 4 is 22.4 Å². The van der Waals surface area contributed by atoms with Gasteiger partial charge in [0.25, 0.3) is 0 Å². The number of fused-ring (bicyclic) bond motifs is 1. The van der Waals surface area contributed by atoms with E-state index in [-0.39, 0.29) is 0 Å². The fourth-order valence-electron chi connectivity index (χ4n) is 2.21. The molecular weight excluding hydrogens is 242 g/mol. The monoisotopic (exact) mass is 257 g/mol. The summed E-state index contributed by atoms with van der Waals surface area (Å²) in [6.07, 6.45) is 4.48. The third-order valence-electron chi connectivity index (χ3n) is 3.19. The van der Waals surface area contributed by atoms with E-state index in [1.807, 2.05) is 6.07 Å². The molecule has 98 valence electrons. The van der Waals surface area contributed by atoms with Crippen LogP contribution in [-0.2, 0) is 0 Å². The molecule has 0 atom stereocenters. The summed E-state index contributed by atoms with van der Waals surface area (Å²) in [5.41, 5.74) is 9.18. The molecule has 3 N–H and O–H groups in total. The summed E-state index contributed by atoms with van der Waals surface area (Å²) in [5.74, 6) is 1.11. The second kappa shape index (κ2) is 4.81. The lowest BCUT2D eigenvalue weighted by Gasteiger charge is -2.16. The first kappa shape index (κ1) is 11.9. The molecule has 0 fully saturated rings. The second-order valence-electron chi connectivity index (χ2n) is 4.35. The molecule has 0 amide bonds. The van der Waals surface area contributed by atoms with E-state index in [9.17, 15) is 0 Å². The van der Waals surface area contributed by atoms with Crippen LogP contribution in [0, 0.1) is 0 Å². The smallest absolute Gasteiger partial charge is 0.153 e. The molecule has 0 unspecified atom stereocenters. The van der Waals surface area contributed by atoms with E-state index < -0.39 is 0 Å². The summed E-state index contributed by atoms with van der Waals surface area (Å²) in [5, 5.41) is 3.28. The second-order valence-corrected chi connectivity index (χ2v) is 4.35. The van der Waals surface area contributed by atoms with Gasteiger partial charge in [0.1, 0.15) is 23.3 Å². The highest BCUT2D eigenvalue weighted by molar-refractivity contribution is 5.87. The molecule has 19 heavy (non-hydrogen) atoms. The van der Waals surface area contributed by atoms with Gasteiger partial charge < -0.3 is 15.8 Å². The van der Waals surface area contributed by atoms with Gasteiger partial charge in [-0.1, -0.05) is 6.08 Å². The summed E-state index contributed by atoms with van der Waals surface area (Å²) < 4.78 is 5.42. The van der Waals surface area contributed by atoms with Gasteiger partial charge in [-0.05, 0) is 18.5 Å². The predicted octanol–water partition coefficient (Wildman–Crippen LogP) is 0.992. The van der Waals surface area contributed by atoms with Crippen LogP contribution < -0.4 is 15.8 Å². The van der Waals surface area contributed by atoms with E-state index in [1.54, 1.807) is 7.11 Å². The Morgan fingerprint density at radius 1 is 1.37 bits per heavy atom. The standard InChI is InChI=1S/C13H15N5O/c1-19-10-6-9-12(13(14)17-7-16-9)18-11(10)8-2-4-15-5-3-8/h2,6-7,15H,3-5H2,1H3,(H2,14,16,17). The average molecular weight is 257 g/mol. The number of methoxy groups -OCH3 is 1. The molecule has 0 bridgehead atoms. The SMILES string of the molecule is COc1cc2ncnc(N)c2nc1C1=CCNCC1. The first-order chi connectivity index (χ1) is 9.29. The predicted molar refractivity (Wildman–Crippen MR) is 73.8 cm³/mol. The van der Waals surface area contributed by atoms with Crippen LogP contribution in [0.1, 0.15) is 12.1 Å². The number of ether oxygens (including phenoxy) is 1. The van der Waals surface area contributed by atoms with Crippen LogP contribution in [0.5, 0.6) is 5.75 Å². The quantitative estimate of drug-likeness (QED) is 0.834. The maximum atomic E-state index is 5.86. The van der Waals surface area contributed by atoms with E-state index >= 15 is 0 Å². The lowest BCUT2D eigenvalue weighted by molar-refractivity contribution is 0.412. The molecule has 0 aliphatic carbocycles. The van der Waals surface area contributed by atoms with Crippen LogP contribution in [0.25, 0.3) is 16.6 Å². The number of hydrogen-bond donors (Lipinski definition) is 2. The lowest BCUT2D eigenvalue weighted by Crippen LogP contribution is -2.20. The van der Waals surface area contributed by atoms with Gasteiger partial charge in [0, 0.05) is 12.6 Å².